The maximum absolute atomic E-state index is 12.1. The normalized spacial score (nSPS) is 10.6. The van der Waals surface area contributed by atoms with Crippen molar-refractivity contribution < 1.29 is 19.8 Å². The predicted molar refractivity (Wildman–Crippen MR) is 85.2 cm³/mol. The minimum atomic E-state index is -1.17. The van der Waals surface area contributed by atoms with Crippen molar-refractivity contribution in [2.75, 3.05) is 6.54 Å². The third-order valence-electron chi connectivity index (χ3n) is 3.59. The second kappa shape index (κ2) is 7.77. The molecule has 2 rings (SSSR count). The number of aliphatic carboxylic acids is 1. The highest BCUT2D eigenvalue weighted by atomic mass is 35.5. The van der Waals surface area contributed by atoms with E-state index in [1.165, 1.54) is 16.9 Å². The van der Waals surface area contributed by atoms with Crippen molar-refractivity contribution in [1.29, 1.82) is 0 Å². The molecule has 0 aliphatic rings. The first-order valence-electron chi connectivity index (χ1n) is 7.05. The molecule has 0 bridgehead atoms. The first kappa shape index (κ1) is 18.7. The van der Waals surface area contributed by atoms with Crippen molar-refractivity contribution >= 4 is 29.9 Å². The zero-order valence-corrected chi connectivity index (χ0v) is 13.6. The third-order valence-corrected chi connectivity index (χ3v) is 3.59. The van der Waals surface area contributed by atoms with E-state index in [0.717, 1.165) is 18.5 Å². The van der Waals surface area contributed by atoms with Gasteiger partial charge in [0.05, 0.1) is 5.69 Å². The van der Waals surface area contributed by atoms with Crippen molar-refractivity contribution in [3.8, 4) is 5.75 Å². The number of aromatic nitrogens is 3. The molecule has 0 saturated heterocycles. The number of aromatic hydroxyl groups is 1. The predicted octanol–water partition coefficient (Wildman–Crippen LogP) is 1.57. The highest BCUT2D eigenvalue weighted by Crippen LogP contribution is 2.30. The summed E-state index contributed by atoms with van der Waals surface area (Å²) in [6.07, 6.45) is 3.01. The van der Waals surface area contributed by atoms with Crippen LogP contribution in [0.1, 0.15) is 48.7 Å². The van der Waals surface area contributed by atoms with Crippen LogP contribution < -0.4 is 5.32 Å². The molecule has 0 fully saturated rings. The number of amides is 1. The minimum Gasteiger partial charge on any atom is -0.507 e. The quantitative estimate of drug-likeness (QED) is 0.733. The van der Waals surface area contributed by atoms with E-state index in [4.69, 9.17) is 5.11 Å². The molecule has 8 nitrogen and oxygen atoms in total. The van der Waals surface area contributed by atoms with Crippen molar-refractivity contribution in [1.82, 2.24) is 19.9 Å². The number of carbonyl (C=O) groups is 2. The molecular weight excluding hydrogens is 324 g/mol. The molecule has 0 radical (unpaired) electrons. The summed E-state index contributed by atoms with van der Waals surface area (Å²) < 4.78 is 1.52. The Kier molecular flexibility index (Phi) is 6.32. The summed E-state index contributed by atoms with van der Waals surface area (Å²) in [5.41, 5.74) is 0.906. The smallest absolute Gasteiger partial charge is 0.322 e. The van der Waals surface area contributed by atoms with Gasteiger partial charge < -0.3 is 15.5 Å². The van der Waals surface area contributed by atoms with Gasteiger partial charge in [0, 0.05) is 12.0 Å². The molecule has 2 aromatic rings. The highest BCUT2D eigenvalue weighted by Gasteiger charge is 2.23. The van der Waals surface area contributed by atoms with Crippen LogP contribution in [0.5, 0.6) is 5.75 Å². The van der Waals surface area contributed by atoms with Gasteiger partial charge in [0.25, 0.3) is 5.91 Å². The van der Waals surface area contributed by atoms with Crippen molar-refractivity contribution in [3.63, 3.8) is 0 Å². The van der Waals surface area contributed by atoms with Gasteiger partial charge in [-0.2, -0.15) is 5.10 Å². The molecule has 0 aliphatic heterocycles. The van der Waals surface area contributed by atoms with E-state index >= 15 is 0 Å². The number of nitrogens with zero attached hydrogens (tertiary/aromatic N) is 3. The molecule has 0 unspecified atom stereocenters. The number of fused-ring (bicyclic) bond motifs is 1. The van der Waals surface area contributed by atoms with Crippen LogP contribution in [0.2, 0.25) is 0 Å². The van der Waals surface area contributed by atoms with Gasteiger partial charge in [0.2, 0.25) is 0 Å². The molecule has 23 heavy (non-hydrogen) atoms. The van der Waals surface area contributed by atoms with Gasteiger partial charge in [-0.25, -0.2) is 9.50 Å². The van der Waals surface area contributed by atoms with Crippen LogP contribution in [-0.2, 0) is 4.79 Å². The Labute approximate surface area is 138 Å². The number of carboxylic acid groups (broad SMARTS) is 1. The molecule has 1 amide bonds. The molecule has 2 heterocycles. The lowest BCUT2D eigenvalue weighted by Crippen LogP contribution is -2.30. The molecule has 0 atom stereocenters. The minimum absolute atomic E-state index is 0. The van der Waals surface area contributed by atoms with Gasteiger partial charge in [0.15, 0.2) is 5.65 Å². The van der Waals surface area contributed by atoms with E-state index in [1.807, 2.05) is 13.8 Å². The summed E-state index contributed by atoms with van der Waals surface area (Å²) in [7, 11) is 0. The Morgan fingerprint density at radius 2 is 2.00 bits per heavy atom. The highest BCUT2D eigenvalue weighted by molar-refractivity contribution is 6.03. The zero-order chi connectivity index (χ0) is 16.3. The first-order valence-corrected chi connectivity index (χ1v) is 7.05. The lowest BCUT2D eigenvalue weighted by atomic mass is 9.97. The van der Waals surface area contributed by atoms with Gasteiger partial charge in [-0.3, -0.25) is 9.59 Å². The largest absolute Gasteiger partial charge is 0.507 e. The second-order valence-corrected chi connectivity index (χ2v) is 4.91. The van der Waals surface area contributed by atoms with Crippen molar-refractivity contribution in [2.45, 2.75) is 32.6 Å². The molecule has 9 heteroatoms. The number of nitrogens with one attached hydrogen (secondary N) is 1. The van der Waals surface area contributed by atoms with E-state index in [9.17, 15) is 14.7 Å². The molecule has 0 spiro atoms. The SMILES string of the molecule is CCC(CC)c1cc(O)c(C(=O)NCC(=O)O)c2ncnn12.Cl. The Balaban J connectivity index is 0.00000264. The van der Waals surface area contributed by atoms with Crippen LogP contribution in [0.15, 0.2) is 12.4 Å². The summed E-state index contributed by atoms with van der Waals surface area (Å²) in [4.78, 5) is 26.7. The maximum atomic E-state index is 12.1. The number of carbonyl (C=O) groups excluding carboxylic acids is 1. The van der Waals surface area contributed by atoms with Gasteiger partial charge in [-0.05, 0) is 12.8 Å². The Hall–Kier alpha value is -2.35. The molecule has 0 saturated carbocycles. The Bertz CT molecular complexity index is 712. The zero-order valence-electron chi connectivity index (χ0n) is 12.8. The maximum Gasteiger partial charge on any atom is 0.322 e. The lowest BCUT2D eigenvalue weighted by molar-refractivity contribution is -0.135. The lowest BCUT2D eigenvalue weighted by Gasteiger charge is -2.16. The number of pyridine rings is 1. The summed E-state index contributed by atoms with van der Waals surface area (Å²) >= 11 is 0. The summed E-state index contributed by atoms with van der Waals surface area (Å²) in [5, 5.41) is 25.1. The number of halogens is 1. The molecule has 3 N–H and O–H groups in total. The standard InChI is InChI=1S/C14H18N4O4.ClH/c1-3-8(4-2)9-5-10(19)12(13-16-7-17-18(9)13)14(22)15-6-11(20)21;/h5,7-8,19H,3-4,6H2,1-2H3,(H,15,22)(H,20,21);1H. The van der Waals surface area contributed by atoms with Crippen LogP contribution in [0.25, 0.3) is 5.65 Å². The van der Waals surface area contributed by atoms with Crippen LogP contribution in [0.4, 0.5) is 0 Å². The topological polar surface area (TPSA) is 117 Å². The van der Waals surface area contributed by atoms with E-state index in [0.29, 0.717) is 0 Å². The van der Waals surface area contributed by atoms with E-state index in [-0.39, 0.29) is 35.3 Å². The number of hydrogen-bond acceptors (Lipinski definition) is 5. The molecule has 2 aromatic heterocycles. The van der Waals surface area contributed by atoms with Crippen LogP contribution >= 0.6 is 12.4 Å². The average molecular weight is 343 g/mol. The summed E-state index contributed by atoms with van der Waals surface area (Å²) in [6, 6.07) is 1.50. The molecule has 0 aromatic carbocycles. The van der Waals surface area contributed by atoms with Crippen molar-refractivity contribution in [3.05, 3.63) is 23.7 Å². The number of hydrogen-bond donors (Lipinski definition) is 3. The van der Waals surface area contributed by atoms with E-state index < -0.39 is 18.4 Å². The summed E-state index contributed by atoms with van der Waals surface area (Å²) in [6.45, 7) is 3.52. The molecular formula is C14H19ClN4O4. The first-order chi connectivity index (χ1) is 10.5. The summed E-state index contributed by atoms with van der Waals surface area (Å²) in [5.74, 6) is -1.93. The van der Waals surface area contributed by atoms with Crippen LogP contribution in [0, 0.1) is 0 Å². The monoisotopic (exact) mass is 342 g/mol. The van der Waals surface area contributed by atoms with E-state index in [2.05, 4.69) is 15.4 Å². The Morgan fingerprint density at radius 1 is 1.35 bits per heavy atom. The number of rotatable bonds is 6. The van der Waals surface area contributed by atoms with Crippen LogP contribution in [-0.4, -0.2) is 43.2 Å². The third kappa shape index (κ3) is 3.70. The van der Waals surface area contributed by atoms with E-state index in [1.54, 1.807) is 0 Å². The fraction of sp³-hybridized carbons (Fsp3) is 0.429. The molecule has 0 aliphatic carbocycles. The fourth-order valence-corrected chi connectivity index (χ4v) is 2.45. The Morgan fingerprint density at radius 3 is 2.57 bits per heavy atom. The second-order valence-electron chi connectivity index (χ2n) is 4.91. The number of carboxylic acids is 1. The van der Waals surface area contributed by atoms with Gasteiger partial charge in [-0.1, -0.05) is 13.8 Å². The average Bonchev–Trinajstić information content (AvgIpc) is 2.95. The van der Waals surface area contributed by atoms with Gasteiger partial charge in [-0.15, -0.1) is 12.4 Å². The molecule has 126 valence electrons. The van der Waals surface area contributed by atoms with Crippen LogP contribution in [0.3, 0.4) is 0 Å². The van der Waals surface area contributed by atoms with Gasteiger partial charge in [0.1, 0.15) is 24.2 Å². The van der Waals surface area contributed by atoms with Gasteiger partial charge >= 0.3 is 5.97 Å². The fourth-order valence-electron chi connectivity index (χ4n) is 2.45. The van der Waals surface area contributed by atoms with Crippen molar-refractivity contribution in [2.24, 2.45) is 0 Å².